The normalized spacial score (nSPS) is 12.4. The van der Waals surface area contributed by atoms with E-state index in [1.165, 1.54) is 25.3 Å². The molecule has 0 unspecified atom stereocenters. The summed E-state index contributed by atoms with van der Waals surface area (Å²) in [6, 6.07) is 11.3. The van der Waals surface area contributed by atoms with Crippen LogP contribution < -0.4 is 9.47 Å². The van der Waals surface area contributed by atoms with Crippen molar-refractivity contribution in [2.75, 3.05) is 7.11 Å². The molecule has 0 saturated carbocycles. The maximum Gasteiger partial charge on any atom is 0.303 e. The number of rotatable bonds is 9. The summed E-state index contributed by atoms with van der Waals surface area (Å²) in [6.07, 6.45) is 0.935. The monoisotopic (exact) mass is 541 g/mol. The van der Waals surface area contributed by atoms with Crippen LogP contribution in [-0.2, 0) is 23.4 Å². The number of halogens is 2. The summed E-state index contributed by atoms with van der Waals surface area (Å²) in [6.45, 7) is 11.5. The number of aryl methyl sites for hydroxylation is 1. The number of hydrogen-bond donors (Lipinski definition) is 2. The second-order valence-electron chi connectivity index (χ2n) is 11.7. The molecule has 39 heavy (non-hydrogen) atoms. The molecule has 0 aliphatic heterocycles. The summed E-state index contributed by atoms with van der Waals surface area (Å²) in [5.74, 6) is -1.95. The molecule has 0 radical (unpaired) electrons. The van der Waals surface area contributed by atoms with Crippen LogP contribution >= 0.6 is 0 Å². The van der Waals surface area contributed by atoms with Gasteiger partial charge in [0.2, 0.25) is 5.88 Å². The van der Waals surface area contributed by atoms with Gasteiger partial charge in [-0.2, -0.15) is 0 Å². The molecule has 0 fully saturated rings. The molecule has 2 N–H and O–H groups in total. The number of benzene rings is 2. The largest absolute Gasteiger partial charge is 0.486 e. The first-order valence-corrected chi connectivity index (χ1v) is 12.8. The molecular formula is C31H37F2NO5. The van der Waals surface area contributed by atoms with Gasteiger partial charge < -0.3 is 19.7 Å². The van der Waals surface area contributed by atoms with E-state index in [-0.39, 0.29) is 42.2 Å². The van der Waals surface area contributed by atoms with Gasteiger partial charge in [-0.3, -0.25) is 4.79 Å². The second kappa shape index (κ2) is 11.3. The number of aliphatic hydroxyl groups is 1. The van der Waals surface area contributed by atoms with Gasteiger partial charge in [0.15, 0.2) is 11.6 Å². The van der Waals surface area contributed by atoms with Crippen LogP contribution in [0, 0.1) is 22.5 Å². The van der Waals surface area contributed by atoms with Gasteiger partial charge in [-0.05, 0) is 51.6 Å². The molecule has 0 spiro atoms. The minimum Gasteiger partial charge on any atom is -0.486 e. The lowest BCUT2D eigenvalue weighted by molar-refractivity contribution is -0.144. The van der Waals surface area contributed by atoms with Crippen LogP contribution in [0.15, 0.2) is 48.7 Å². The number of ether oxygens (including phenoxy) is 2. The molecule has 1 heterocycles. The highest BCUT2D eigenvalue weighted by Crippen LogP contribution is 2.54. The van der Waals surface area contributed by atoms with Crippen molar-refractivity contribution in [2.24, 2.45) is 10.8 Å². The Balaban J connectivity index is 2.12. The molecule has 6 nitrogen and oxygen atoms in total. The molecule has 3 rings (SSSR count). The number of carbonyl (C=O) groups is 1. The van der Waals surface area contributed by atoms with E-state index in [0.29, 0.717) is 16.7 Å². The van der Waals surface area contributed by atoms with Gasteiger partial charge in [0.1, 0.15) is 12.4 Å². The molecule has 8 heteroatoms. The first kappa shape index (κ1) is 30.0. The SMILES string of the molecule is COc1cc(-c2ccc(COc3cccc(CCC(=O)O)c3F)cc2C(O)(C(C)(C)C)C(C)(C)C)c(F)cn1. The van der Waals surface area contributed by atoms with E-state index in [0.717, 1.165) is 6.20 Å². The zero-order chi connectivity index (χ0) is 29.2. The van der Waals surface area contributed by atoms with Gasteiger partial charge >= 0.3 is 5.97 Å². The molecule has 0 aliphatic rings. The van der Waals surface area contributed by atoms with Gasteiger partial charge in [0.25, 0.3) is 0 Å². The van der Waals surface area contributed by atoms with Crippen LogP contribution in [0.3, 0.4) is 0 Å². The molecule has 1 aromatic heterocycles. The highest BCUT2D eigenvalue weighted by atomic mass is 19.1. The quantitative estimate of drug-likeness (QED) is 0.306. The Morgan fingerprint density at radius 2 is 1.64 bits per heavy atom. The summed E-state index contributed by atoms with van der Waals surface area (Å²) < 4.78 is 41.1. The zero-order valence-electron chi connectivity index (χ0n) is 23.6. The predicted octanol–water partition coefficient (Wildman–Crippen LogP) is 6.91. The van der Waals surface area contributed by atoms with Crippen molar-refractivity contribution in [1.82, 2.24) is 4.98 Å². The van der Waals surface area contributed by atoms with Crippen molar-refractivity contribution in [3.05, 3.63) is 77.0 Å². The summed E-state index contributed by atoms with van der Waals surface area (Å²) >= 11 is 0. The van der Waals surface area contributed by atoms with Crippen LogP contribution in [0.2, 0.25) is 0 Å². The van der Waals surface area contributed by atoms with Gasteiger partial charge in [0, 0.05) is 18.1 Å². The minimum atomic E-state index is -1.43. The third kappa shape index (κ3) is 6.22. The van der Waals surface area contributed by atoms with E-state index in [1.54, 1.807) is 24.3 Å². The number of pyridine rings is 1. The molecule has 2 aromatic carbocycles. The van der Waals surface area contributed by atoms with Crippen molar-refractivity contribution in [3.63, 3.8) is 0 Å². The van der Waals surface area contributed by atoms with Crippen LogP contribution in [0.4, 0.5) is 8.78 Å². The molecule has 0 aliphatic carbocycles. The summed E-state index contributed by atoms with van der Waals surface area (Å²) in [7, 11) is 1.45. The molecule has 0 bridgehead atoms. The number of hydrogen-bond acceptors (Lipinski definition) is 5. The zero-order valence-corrected chi connectivity index (χ0v) is 23.6. The van der Waals surface area contributed by atoms with E-state index in [1.807, 2.05) is 41.5 Å². The van der Waals surface area contributed by atoms with Crippen LogP contribution in [-0.4, -0.2) is 28.3 Å². The van der Waals surface area contributed by atoms with Gasteiger partial charge in [-0.1, -0.05) is 65.8 Å². The molecule has 3 aromatic rings. The topological polar surface area (TPSA) is 88.9 Å². The second-order valence-corrected chi connectivity index (χ2v) is 11.7. The van der Waals surface area contributed by atoms with E-state index in [9.17, 15) is 14.3 Å². The minimum absolute atomic E-state index is 0.00432. The standard InChI is InChI=1S/C31H37F2NO5/c1-29(2,3)31(37,30(4,5)6)23-15-19(11-13-21(23)22-16-26(38-7)34-17-24(22)32)18-39-25-10-8-9-20(28(25)33)12-14-27(35)36/h8-11,13,15-17,37H,12,14,18H2,1-7H3,(H,35,36). The first-order chi connectivity index (χ1) is 18.1. The van der Waals surface area contributed by atoms with Crippen LogP contribution in [0.5, 0.6) is 11.6 Å². The average Bonchev–Trinajstić information content (AvgIpc) is 2.85. The average molecular weight is 542 g/mol. The summed E-state index contributed by atoms with van der Waals surface area (Å²) in [5.41, 5.74) is -0.683. The maximum absolute atomic E-state index is 15.1. The van der Waals surface area contributed by atoms with Crippen molar-refractivity contribution >= 4 is 5.97 Å². The summed E-state index contributed by atoms with van der Waals surface area (Å²) in [4.78, 5) is 14.9. The Hall–Kier alpha value is -3.52. The number of aromatic nitrogens is 1. The molecule has 0 saturated heterocycles. The lowest BCUT2D eigenvalue weighted by atomic mass is 9.58. The number of carboxylic acid groups (broad SMARTS) is 1. The fourth-order valence-electron chi connectivity index (χ4n) is 5.15. The predicted molar refractivity (Wildman–Crippen MR) is 146 cm³/mol. The number of methoxy groups -OCH3 is 1. The summed E-state index contributed by atoms with van der Waals surface area (Å²) in [5, 5.41) is 21.3. The molecule has 0 atom stereocenters. The van der Waals surface area contributed by atoms with E-state index < -0.39 is 34.0 Å². The molecular weight excluding hydrogens is 504 g/mol. The first-order valence-electron chi connectivity index (χ1n) is 12.8. The third-order valence-corrected chi connectivity index (χ3v) is 7.02. The fraction of sp³-hybridized carbons (Fsp3) is 0.419. The van der Waals surface area contributed by atoms with E-state index in [2.05, 4.69) is 4.98 Å². The van der Waals surface area contributed by atoms with Crippen molar-refractivity contribution in [1.29, 1.82) is 0 Å². The number of aliphatic carboxylic acids is 1. The van der Waals surface area contributed by atoms with E-state index >= 15 is 4.39 Å². The smallest absolute Gasteiger partial charge is 0.303 e. The fourth-order valence-corrected chi connectivity index (χ4v) is 5.15. The number of carboxylic acids is 1. The van der Waals surface area contributed by atoms with Crippen LogP contribution in [0.1, 0.15) is 64.7 Å². The highest BCUT2D eigenvalue weighted by molar-refractivity contribution is 5.71. The van der Waals surface area contributed by atoms with Gasteiger partial charge in [0.05, 0.1) is 18.9 Å². The Kier molecular flexibility index (Phi) is 8.70. The lowest BCUT2D eigenvalue weighted by Gasteiger charge is -2.51. The Bertz CT molecular complexity index is 1330. The highest BCUT2D eigenvalue weighted by Gasteiger charge is 2.51. The van der Waals surface area contributed by atoms with Crippen molar-refractivity contribution < 1.29 is 33.3 Å². The Labute approximate surface area is 228 Å². The molecule has 210 valence electrons. The maximum atomic E-state index is 15.1. The van der Waals surface area contributed by atoms with Gasteiger partial charge in [-0.25, -0.2) is 13.8 Å². The van der Waals surface area contributed by atoms with E-state index in [4.69, 9.17) is 14.6 Å². The van der Waals surface area contributed by atoms with Crippen LogP contribution in [0.25, 0.3) is 11.1 Å². The van der Waals surface area contributed by atoms with Crippen molar-refractivity contribution in [2.45, 2.75) is 66.6 Å². The Morgan fingerprint density at radius 1 is 0.974 bits per heavy atom. The number of nitrogens with zero attached hydrogens (tertiary/aromatic N) is 1. The van der Waals surface area contributed by atoms with Gasteiger partial charge in [-0.15, -0.1) is 0 Å². The lowest BCUT2D eigenvalue weighted by Crippen LogP contribution is -2.50. The molecule has 0 amide bonds. The van der Waals surface area contributed by atoms with Crippen molar-refractivity contribution in [3.8, 4) is 22.8 Å². The Morgan fingerprint density at radius 3 is 2.23 bits per heavy atom. The third-order valence-electron chi connectivity index (χ3n) is 7.02.